The Labute approximate surface area is 291 Å². The lowest BCUT2D eigenvalue weighted by atomic mass is 9.93. The zero-order valence-corrected chi connectivity index (χ0v) is 31.8. The van der Waals surface area contributed by atoms with Crippen LogP contribution >= 0.6 is 34.4 Å². The summed E-state index contributed by atoms with van der Waals surface area (Å²) in [5.41, 5.74) is 7.47. The smallest absolute Gasteiger partial charge is 0.113 e. The zero-order valence-electron chi connectivity index (χ0n) is 29.3. The molecule has 46 heavy (non-hydrogen) atoms. The SMILES string of the molecule is CCCCCCCCCCCCC(CCCCCCCCCC)Cn1c2cc(C)sc2c2sc(-c3ccc(C)c4nsnc34)cc21. The number of thiophene rings is 2. The van der Waals surface area contributed by atoms with E-state index in [1.54, 1.807) is 0 Å². The lowest BCUT2D eigenvalue weighted by Gasteiger charge is -2.19. The van der Waals surface area contributed by atoms with Crippen molar-refractivity contribution in [1.29, 1.82) is 0 Å². The average molecular weight is 678 g/mol. The van der Waals surface area contributed by atoms with Gasteiger partial charge in [0, 0.05) is 21.9 Å². The van der Waals surface area contributed by atoms with Crippen molar-refractivity contribution >= 4 is 65.9 Å². The average Bonchev–Trinajstić information content (AvgIpc) is 3.84. The van der Waals surface area contributed by atoms with Crippen molar-refractivity contribution in [2.75, 3.05) is 0 Å². The van der Waals surface area contributed by atoms with E-state index < -0.39 is 0 Å². The second-order valence-corrected chi connectivity index (χ2v) is 16.8. The Morgan fingerprint density at radius 3 is 1.74 bits per heavy atom. The van der Waals surface area contributed by atoms with Crippen LogP contribution in [0.25, 0.3) is 41.9 Å². The molecule has 6 heteroatoms. The van der Waals surface area contributed by atoms with Crippen LogP contribution in [0.3, 0.4) is 0 Å². The maximum Gasteiger partial charge on any atom is 0.113 e. The van der Waals surface area contributed by atoms with Crippen LogP contribution in [-0.4, -0.2) is 13.3 Å². The summed E-state index contributed by atoms with van der Waals surface area (Å²) in [6, 6.07) is 9.41. The highest BCUT2D eigenvalue weighted by Crippen LogP contribution is 2.45. The highest BCUT2D eigenvalue weighted by Gasteiger charge is 2.21. The number of hydrogen-bond donors (Lipinski definition) is 0. The van der Waals surface area contributed by atoms with Crippen molar-refractivity contribution < 1.29 is 0 Å². The van der Waals surface area contributed by atoms with Crippen molar-refractivity contribution in [3.05, 3.63) is 34.7 Å². The molecule has 0 spiro atoms. The van der Waals surface area contributed by atoms with Gasteiger partial charge in [0.1, 0.15) is 11.0 Å². The monoisotopic (exact) mass is 677 g/mol. The van der Waals surface area contributed by atoms with Gasteiger partial charge in [-0.1, -0.05) is 142 Å². The molecule has 0 N–H and O–H groups in total. The molecule has 5 aromatic rings. The highest BCUT2D eigenvalue weighted by molar-refractivity contribution is 7.29. The number of fused-ring (bicyclic) bond motifs is 4. The molecule has 3 nitrogen and oxygen atoms in total. The molecule has 4 heterocycles. The van der Waals surface area contributed by atoms with Gasteiger partial charge in [-0.3, -0.25) is 0 Å². The van der Waals surface area contributed by atoms with Crippen molar-refractivity contribution in [3.63, 3.8) is 0 Å². The summed E-state index contributed by atoms with van der Waals surface area (Å²) in [5.74, 6) is 0.755. The van der Waals surface area contributed by atoms with Gasteiger partial charge in [-0.15, -0.1) is 22.7 Å². The van der Waals surface area contributed by atoms with Gasteiger partial charge in [-0.2, -0.15) is 8.75 Å². The molecule has 252 valence electrons. The maximum absolute atomic E-state index is 4.73. The van der Waals surface area contributed by atoms with Gasteiger partial charge in [-0.05, 0) is 50.3 Å². The van der Waals surface area contributed by atoms with Crippen molar-refractivity contribution in [1.82, 2.24) is 13.3 Å². The largest absolute Gasteiger partial charge is 0.339 e. The second-order valence-electron chi connectivity index (χ2n) is 14.0. The van der Waals surface area contributed by atoms with Crippen LogP contribution in [0.1, 0.15) is 153 Å². The van der Waals surface area contributed by atoms with Crippen molar-refractivity contribution in [2.45, 2.75) is 163 Å². The molecular weight excluding hydrogens is 619 g/mol. The fraction of sp³-hybridized carbons (Fsp3) is 0.650. The van der Waals surface area contributed by atoms with E-state index in [0.29, 0.717) is 0 Å². The molecule has 1 aromatic carbocycles. The van der Waals surface area contributed by atoms with Crippen LogP contribution in [0.15, 0.2) is 24.3 Å². The molecular formula is C40H59N3S3. The van der Waals surface area contributed by atoms with Crippen LogP contribution in [0.5, 0.6) is 0 Å². The van der Waals surface area contributed by atoms with Gasteiger partial charge in [0.15, 0.2) is 0 Å². The third-order valence-corrected chi connectivity index (χ3v) is 13.0. The Morgan fingerprint density at radius 1 is 0.609 bits per heavy atom. The lowest BCUT2D eigenvalue weighted by molar-refractivity contribution is 0.364. The summed E-state index contributed by atoms with van der Waals surface area (Å²) in [6.45, 7) is 10.2. The quantitative estimate of drug-likeness (QED) is 0.0644. The van der Waals surface area contributed by atoms with E-state index in [1.165, 1.54) is 181 Å². The first-order valence-electron chi connectivity index (χ1n) is 18.8. The fourth-order valence-electron chi connectivity index (χ4n) is 7.33. The summed E-state index contributed by atoms with van der Waals surface area (Å²) in [4.78, 5) is 2.75. The first-order chi connectivity index (χ1) is 22.6. The highest BCUT2D eigenvalue weighted by atomic mass is 32.1. The molecule has 0 radical (unpaired) electrons. The van der Waals surface area contributed by atoms with Crippen molar-refractivity contribution in [2.24, 2.45) is 5.92 Å². The number of aryl methyl sites for hydroxylation is 2. The Balaban J connectivity index is 1.27. The molecule has 1 unspecified atom stereocenters. The first-order valence-corrected chi connectivity index (χ1v) is 21.2. The number of rotatable bonds is 23. The molecule has 0 bridgehead atoms. The van der Waals surface area contributed by atoms with Crippen LogP contribution in [0.4, 0.5) is 0 Å². The van der Waals surface area contributed by atoms with Crippen molar-refractivity contribution in [3.8, 4) is 10.4 Å². The molecule has 0 aliphatic carbocycles. The summed E-state index contributed by atoms with van der Waals surface area (Å²) in [5, 5.41) is 0. The Morgan fingerprint density at radius 2 is 1.13 bits per heavy atom. The predicted octanol–water partition coefficient (Wildman–Crippen LogP) is 14.7. The lowest BCUT2D eigenvalue weighted by Crippen LogP contribution is -2.11. The number of aromatic nitrogens is 3. The molecule has 0 aliphatic heterocycles. The molecule has 0 saturated heterocycles. The van der Waals surface area contributed by atoms with E-state index in [0.717, 1.165) is 23.5 Å². The number of unbranched alkanes of at least 4 members (excludes halogenated alkanes) is 16. The van der Waals surface area contributed by atoms with Crippen LogP contribution < -0.4 is 0 Å². The van der Waals surface area contributed by atoms with E-state index in [1.807, 2.05) is 22.7 Å². The van der Waals surface area contributed by atoms with E-state index in [-0.39, 0.29) is 0 Å². The van der Waals surface area contributed by atoms with Gasteiger partial charge in [0.25, 0.3) is 0 Å². The number of benzene rings is 1. The van der Waals surface area contributed by atoms with Crippen LogP contribution in [0.2, 0.25) is 0 Å². The van der Waals surface area contributed by atoms with Gasteiger partial charge >= 0.3 is 0 Å². The van der Waals surface area contributed by atoms with Gasteiger partial charge in [0.2, 0.25) is 0 Å². The molecule has 5 rings (SSSR count). The standard InChI is InChI=1S/C40H59N3S3/c1-5-7-9-11-13-15-16-18-20-22-24-32(23-21-19-17-14-12-10-8-6-2)29-43-34-27-31(4)44-39(34)40-35(43)28-36(45-40)33-26-25-30(3)37-38(33)42-46-41-37/h25-28,32H,5-24,29H2,1-4H3. The summed E-state index contributed by atoms with van der Waals surface area (Å²) in [6.07, 6.45) is 28.1. The Bertz CT molecular complexity index is 1600. The normalized spacial score (nSPS) is 12.8. The van der Waals surface area contributed by atoms with E-state index in [4.69, 9.17) is 4.37 Å². The summed E-state index contributed by atoms with van der Waals surface area (Å²) < 4.78 is 15.0. The third-order valence-electron chi connectivity index (χ3n) is 10.1. The molecule has 0 saturated carbocycles. The van der Waals surface area contributed by atoms with Gasteiger partial charge < -0.3 is 4.57 Å². The molecule has 0 aliphatic rings. The summed E-state index contributed by atoms with van der Waals surface area (Å²) >= 11 is 5.27. The maximum atomic E-state index is 4.73. The number of nitrogens with zero attached hydrogens (tertiary/aromatic N) is 3. The minimum Gasteiger partial charge on any atom is -0.339 e. The van der Waals surface area contributed by atoms with Crippen LogP contribution in [0, 0.1) is 19.8 Å². The van der Waals surface area contributed by atoms with E-state index >= 15 is 0 Å². The molecule has 1 atom stereocenters. The number of hydrogen-bond acceptors (Lipinski definition) is 5. The first kappa shape index (κ1) is 35.5. The zero-order chi connectivity index (χ0) is 32.1. The fourth-order valence-corrected chi connectivity index (χ4v) is 10.3. The minimum absolute atomic E-state index is 0.755. The van der Waals surface area contributed by atoms with Gasteiger partial charge in [0.05, 0.1) is 32.2 Å². The van der Waals surface area contributed by atoms with E-state index in [9.17, 15) is 0 Å². The molecule has 0 amide bonds. The molecule has 0 fully saturated rings. The minimum atomic E-state index is 0.755. The molecule has 4 aromatic heterocycles. The summed E-state index contributed by atoms with van der Waals surface area (Å²) in [7, 11) is 0. The predicted molar refractivity (Wildman–Crippen MR) is 208 cm³/mol. The second kappa shape index (κ2) is 18.7. The Kier molecular flexibility index (Phi) is 14.4. The third kappa shape index (κ3) is 9.44. The van der Waals surface area contributed by atoms with Gasteiger partial charge in [-0.25, -0.2) is 0 Å². The van der Waals surface area contributed by atoms with E-state index in [2.05, 4.69) is 60.9 Å². The topological polar surface area (TPSA) is 30.7 Å². The van der Waals surface area contributed by atoms with Crippen LogP contribution in [-0.2, 0) is 6.54 Å². The Hall–Kier alpha value is -1.76.